The van der Waals surface area contributed by atoms with Crippen LogP contribution in [-0.2, 0) is 0 Å². The largest absolute Gasteiger partial charge is 0.337 e. The van der Waals surface area contributed by atoms with Gasteiger partial charge in [0.05, 0.1) is 22.4 Å². The molecule has 0 saturated carbocycles. The van der Waals surface area contributed by atoms with Gasteiger partial charge in [-0.15, -0.1) is 0 Å². The van der Waals surface area contributed by atoms with Crippen LogP contribution in [-0.4, -0.2) is 15.7 Å². The Labute approximate surface area is 112 Å². The zero-order chi connectivity index (χ0) is 13.2. The highest BCUT2D eigenvalue weighted by atomic mass is 14.9. The summed E-state index contributed by atoms with van der Waals surface area (Å²) in [6.45, 7) is 4.04. The number of nitrogens with one attached hydrogen (secondary N) is 1. The molecule has 0 atom stereocenters. The van der Waals surface area contributed by atoms with E-state index in [0.29, 0.717) is 0 Å². The summed E-state index contributed by atoms with van der Waals surface area (Å²) in [5.74, 6) is 0.824. The van der Waals surface area contributed by atoms with Gasteiger partial charge >= 0.3 is 0 Å². The van der Waals surface area contributed by atoms with Crippen molar-refractivity contribution in [2.24, 2.45) is 4.99 Å². The van der Waals surface area contributed by atoms with Crippen molar-refractivity contribution in [1.29, 1.82) is 0 Å². The van der Waals surface area contributed by atoms with Crippen molar-refractivity contribution >= 4 is 22.4 Å². The number of hydrogen-bond acceptors (Lipinski definition) is 2. The minimum atomic E-state index is 0.824. The highest BCUT2D eigenvalue weighted by molar-refractivity contribution is 5.99. The summed E-state index contributed by atoms with van der Waals surface area (Å²) in [7, 11) is 0. The first-order chi connectivity index (χ1) is 9.24. The lowest BCUT2D eigenvalue weighted by molar-refractivity contribution is 1.26. The molecule has 3 aromatic rings. The van der Waals surface area contributed by atoms with Crippen molar-refractivity contribution in [2.45, 2.75) is 13.8 Å². The first-order valence-electron chi connectivity index (χ1n) is 6.30. The third kappa shape index (κ3) is 2.27. The van der Waals surface area contributed by atoms with Crippen molar-refractivity contribution in [3.8, 4) is 0 Å². The topological polar surface area (TPSA) is 41.0 Å². The van der Waals surface area contributed by atoms with Gasteiger partial charge in [-0.3, -0.25) is 0 Å². The summed E-state index contributed by atoms with van der Waals surface area (Å²) < 4.78 is 0. The van der Waals surface area contributed by atoms with E-state index < -0.39 is 0 Å². The Hall–Kier alpha value is -2.42. The maximum absolute atomic E-state index is 4.65. The molecule has 3 nitrogen and oxygen atoms in total. The number of aromatic nitrogens is 2. The van der Waals surface area contributed by atoms with Crippen molar-refractivity contribution < 1.29 is 0 Å². The molecule has 94 valence electrons. The van der Waals surface area contributed by atoms with Gasteiger partial charge in [-0.25, -0.2) is 9.98 Å². The Balaban J connectivity index is 2.04. The van der Waals surface area contributed by atoms with Crippen LogP contribution in [0.1, 0.15) is 18.3 Å². The molecule has 0 bridgehead atoms. The number of fused-ring (bicyclic) bond motifs is 1. The first kappa shape index (κ1) is 11.7. The molecule has 1 N–H and O–H groups in total. The lowest BCUT2D eigenvalue weighted by Crippen LogP contribution is -1.96. The molecule has 0 spiro atoms. The zero-order valence-electron chi connectivity index (χ0n) is 11.0. The summed E-state index contributed by atoms with van der Waals surface area (Å²) >= 11 is 0. The highest BCUT2D eigenvalue weighted by Gasteiger charge is 2.05. The lowest BCUT2D eigenvalue weighted by Gasteiger charge is -2.00. The molecule has 0 amide bonds. The molecule has 19 heavy (non-hydrogen) atoms. The number of aryl methyl sites for hydroxylation is 1. The smallest absolute Gasteiger partial charge is 0.152 e. The highest BCUT2D eigenvalue weighted by Crippen LogP contribution is 2.19. The van der Waals surface area contributed by atoms with Gasteiger partial charge in [-0.1, -0.05) is 30.3 Å². The van der Waals surface area contributed by atoms with Crippen LogP contribution in [0.2, 0.25) is 0 Å². The van der Waals surface area contributed by atoms with Gasteiger partial charge in [0.25, 0.3) is 0 Å². The van der Waals surface area contributed by atoms with Gasteiger partial charge in [0.1, 0.15) is 0 Å². The van der Waals surface area contributed by atoms with Crippen LogP contribution in [0, 0.1) is 6.92 Å². The van der Waals surface area contributed by atoms with E-state index in [1.165, 1.54) is 0 Å². The van der Waals surface area contributed by atoms with Gasteiger partial charge < -0.3 is 4.98 Å². The number of aliphatic imine (C=N–C) groups is 1. The number of imidazole rings is 1. The number of nitrogens with zero attached hydrogens (tertiary/aromatic N) is 2. The summed E-state index contributed by atoms with van der Waals surface area (Å²) in [5.41, 5.74) is 5.05. The minimum absolute atomic E-state index is 0.824. The van der Waals surface area contributed by atoms with E-state index in [1.807, 2.05) is 49.4 Å². The molecular formula is C16H15N3. The molecule has 3 rings (SSSR count). The van der Waals surface area contributed by atoms with E-state index in [-0.39, 0.29) is 0 Å². The fraction of sp³-hybridized carbons (Fsp3) is 0.125. The van der Waals surface area contributed by atoms with Crippen molar-refractivity contribution in [2.75, 3.05) is 0 Å². The third-order valence-electron chi connectivity index (χ3n) is 3.14. The molecule has 1 aromatic heterocycles. The van der Waals surface area contributed by atoms with Gasteiger partial charge in [0.15, 0.2) is 5.82 Å². The molecule has 0 aliphatic heterocycles. The molecule has 0 aliphatic carbocycles. The van der Waals surface area contributed by atoms with Crippen molar-refractivity contribution in [1.82, 2.24) is 9.97 Å². The van der Waals surface area contributed by atoms with E-state index in [2.05, 4.69) is 28.0 Å². The summed E-state index contributed by atoms with van der Waals surface area (Å²) in [4.78, 5) is 12.5. The Morgan fingerprint density at radius 2 is 1.79 bits per heavy atom. The second kappa shape index (κ2) is 4.69. The first-order valence-corrected chi connectivity index (χ1v) is 6.30. The Kier molecular flexibility index (Phi) is 2.88. The molecule has 0 radical (unpaired) electrons. The van der Waals surface area contributed by atoms with Crippen molar-refractivity contribution in [3.05, 3.63) is 59.9 Å². The monoisotopic (exact) mass is 249 g/mol. The fourth-order valence-electron chi connectivity index (χ4n) is 2.05. The van der Waals surface area contributed by atoms with E-state index in [9.17, 15) is 0 Å². The van der Waals surface area contributed by atoms with Gasteiger partial charge in [0, 0.05) is 0 Å². The average molecular weight is 249 g/mol. The molecule has 3 heteroatoms. The quantitative estimate of drug-likeness (QED) is 0.685. The second-order valence-corrected chi connectivity index (χ2v) is 4.59. The van der Waals surface area contributed by atoms with E-state index in [0.717, 1.165) is 33.8 Å². The van der Waals surface area contributed by atoms with Crippen LogP contribution in [0.4, 0.5) is 5.69 Å². The van der Waals surface area contributed by atoms with Crippen LogP contribution >= 0.6 is 0 Å². The minimum Gasteiger partial charge on any atom is -0.337 e. The molecule has 0 fully saturated rings. The molecule has 1 heterocycles. The number of benzene rings is 2. The fourth-order valence-corrected chi connectivity index (χ4v) is 2.05. The standard InChI is InChI=1S/C16H15N3/c1-11-7-3-4-8-13(11)17-12(2)16-18-14-9-5-6-10-15(14)19-16/h3-10H,1-2H3,(H,18,19). The second-order valence-electron chi connectivity index (χ2n) is 4.59. The Morgan fingerprint density at radius 1 is 1.05 bits per heavy atom. The van der Waals surface area contributed by atoms with Crippen LogP contribution in [0.25, 0.3) is 11.0 Å². The maximum Gasteiger partial charge on any atom is 0.152 e. The normalized spacial score (nSPS) is 12.0. The van der Waals surface area contributed by atoms with Gasteiger partial charge in [0.2, 0.25) is 0 Å². The van der Waals surface area contributed by atoms with Gasteiger partial charge in [-0.05, 0) is 37.6 Å². The molecule has 2 aromatic carbocycles. The zero-order valence-corrected chi connectivity index (χ0v) is 11.0. The maximum atomic E-state index is 4.65. The summed E-state index contributed by atoms with van der Waals surface area (Å²) in [6, 6.07) is 16.1. The number of H-pyrrole nitrogens is 1. The van der Waals surface area contributed by atoms with Crippen LogP contribution in [0.15, 0.2) is 53.5 Å². The predicted octanol–water partition coefficient (Wildman–Crippen LogP) is 4.01. The van der Waals surface area contributed by atoms with Crippen LogP contribution in [0.3, 0.4) is 0 Å². The number of rotatable bonds is 2. The van der Waals surface area contributed by atoms with E-state index in [1.54, 1.807) is 0 Å². The van der Waals surface area contributed by atoms with Crippen LogP contribution < -0.4 is 0 Å². The molecule has 0 unspecified atom stereocenters. The molecule has 0 saturated heterocycles. The van der Waals surface area contributed by atoms with Crippen molar-refractivity contribution in [3.63, 3.8) is 0 Å². The SMILES string of the molecule is CC(=Nc1ccccc1C)c1nc2ccccc2[nH]1. The predicted molar refractivity (Wildman–Crippen MR) is 79.1 cm³/mol. The van der Waals surface area contributed by atoms with Crippen LogP contribution in [0.5, 0.6) is 0 Å². The van der Waals surface area contributed by atoms with Gasteiger partial charge in [-0.2, -0.15) is 0 Å². The summed E-state index contributed by atoms with van der Waals surface area (Å²) in [5, 5.41) is 0. The van der Waals surface area contributed by atoms with E-state index in [4.69, 9.17) is 0 Å². The molecular weight excluding hydrogens is 234 g/mol. The Morgan fingerprint density at radius 3 is 2.58 bits per heavy atom. The van der Waals surface area contributed by atoms with E-state index >= 15 is 0 Å². The summed E-state index contributed by atoms with van der Waals surface area (Å²) in [6.07, 6.45) is 0. The number of aromatic amines is 1. The third-order valence-corrected chi connectivity index (χ3v) is 3.14. The average Bonchev–Trinajstić information content (AvgIpc) is 2.85. The number of hydrogen-bond donors (Lipinski definition) is 1. The number of para-hydroxylation sites is 3. The lowest BCUT2D eigenvalue weighted by atomic mass is 10.2. The Bertz CT molecular complexity index is 720. The molecule has 0 aliphatic rings.